The smallest absolute Gasteiger partial charge is 0.220 e. The van der Waals surface area contributed by atoms with Gasteiger partial charge in [0.1, 0.15) is 0 Å². The van der Waals surface area contributed by atoms with Gasteiger partial charge in [0.15, 0.2) is 11.7 Å². The van der Waals surface area contributed by atoms with Crippen LogP contribution >= 0.6 is 0 Å². The van der Waals surface area contributed by atoms with Gasteiger partial charge in [-0.3, -0.25) is 4.79 Å². The Hall–Kier alpha value is -2.14. The Balaban J connectivity index is 1.24. The van der Waals surface area contributed by atoms with Crippen LogP contribution in [-0.2, 0) is 11.2 Å². The molecule has 2 fully saturated rings. The lowest BCUT2D eigenvalue weighted by atomic mass is 9.83. The molecule has 0 unspecified atom stereocenters. The lowest BCUT2D eigenvalue weighted by Gasteiger charge is -2.44. The number of carbonyl (C=O) groups is 1. The van der Waals surface area contributed by atoms with Crippen LogP contribution in [0.5, 0.6) is 0 Å². The van der Waals surface area contributed by atoms with E-state index < -0.39 is 0 Å². The van der Waals surface area contributed by atoms with Gasteiger partial charge in [-0.05, 0) is 44.7 Å². The SMILES string of the molecule is O=C(CCc1ncc(-c2ccccc2)o1)NC[C@@H]1CCCN2CCCC[C@H]12. The van der Waals surface area contributed by atoms with Crippen molar-refractivity contribution in [2.24, 2.45) is 5.92 Å². The minimum atomic E-state index is 0.0994. The number of aryl methyl sites for hydroxylation is 1. The standard InChI is InChI=1S/C22H29N3O2/c26-21(23-15-18-9-6-14-25-13-5-4-10-19(18)25)11-12-22-24-16-20(27-22)17-7-2-1-3-8-17/h1-3,7-8,16,18-19H,4-6,9-15H2,(H,23,26)/t18-,19+/m0/s1. The number of benzene rings is 1. The highest BCUT2D eigenvalue weighted by Gasteiger charge is 2.32. The Morgan fingerprint density at radius 1 is 1.15 bits per heavy atom. The number of oxazole rings is 1. The molecule has 144 valence electrons. The number of fused-ring (bicyclic) bond motifs is 1. The number of amides is 1. The molecule has 2 aromatic rings. The van der Waals surface area contributed by atoms with Crippen molar-refractivity contribution in [3.8, 4) is 11.3 Å². The van der Waals surface area contributed by atoms with E-state index in [1.807, 2.05) is 30.3 Å². The molecule has 1 aromatic carbocycles. The largest absolute Gasteiger partial charge is 0.441 e. The first-order valence-electron chi connectivity index (χ1n) is 10.3. The maximum atomic E-state index is 12.3. The first-order valence-corrected chi connectivity index (χ1v) is 10.3. The minimum Gasteiger partial charge on any atom is -0.441 e. The molecule has 1 aromatic heterocycles. The third-order valence-corrected chi connectivity index (χ3v) is 5.97. The van der Waals surface area contributed by atoms with E-state index in [0.29, 0.717) is 30.7 Å². The summed E-state index contributed by atoms with van der Waals surface area (Å²) in [5.41, 5.74) is 1.01. The summed E-state index contributed by atoms with van der Waals surface area (Å²) < 4.78 is 5.79. The molecule has 5 heteroatoms. The number of hydrogen-bond donors (Lipinski definition) is 1. The average Bonchev–Trinajstić information content (AvgIpc) is 3.20. The van der Waals surface area contributed by atoms with Crippen LogP contribution in [0.4, 0.5) is 0 Å². The Labute approximate surface area is 161 Å². The van der Waals surface area contributed by atoms with E-state index in [1.165, 1.54) is 45.2 Å². The second-order valence-corrected chi connectivity index (χ2v) is 7.79. The van der Waals surface area contributed by atoms with Crippen molar-refractivity contribution in [3.05, 3.63) is 42.4 Å². The third kappa shape index (κ3) is 4.59. The monoisotopic (exact) mass is 367 g/mol. The summed E-state index contributed by atoms with van der Waals surface area (Å²) in [4.78, 5) is 19.3. The molecule has 2 aliphatic heterocycles. The summed E-state index contributed by atoms with van der Waals surface area (Å²) in [5.74, 6) is 2.09. The molecule has 1 amide bonds. The van der Waals surface area contributed by atoms with Crippen LogP contribution < -0.4 is 5.32 Å². The zero-order valence-electron chi connectivity index (χ0n) is 15.9. The molecule has 0 spiro atoms. The third-order valence-electron chi connectivity index (χ3n) is 5.97. The maximum absolute atomic E-state index is 12.3. The molecule has 0 radical (unpaired) electrons. The number of nitrogens with zero attached hydrogens (tertiary/aromatic N) is 2. The van der Waals surface area contributed by atoms with Gasteiger partial charge in [-0.25, -0.2) is 4.98 Å². The number of hydrogen-bond acceptors (Lipinski definition) is 4. The van der Waals surface area contributed by atoms with Gasteiger partial charge in [0.05, 0.1) is 6.20 Å². The predicted molar refractivity (Wildman–Crippen MR) is 105 cm³/mol. The van der Waals surface area contributed by atoms with Gasteiger partial charge in [0.25, 0.3) is 0 Å². The highest BCUT2D eigenvalue weighted by Crippen LogP contribution is 2.30. The topological polar surface area (TPSA) is 58.4 Å². The van der Waals surface area contributed by atoms with E-state index in [4.69, 9.17) is 4.42 Å². The van der Waals surface area contributed by atoms with Crippen LogP contribution in [0.15, 0.2) is 40.9 Å². The van der Waals surface area contributed by atoms with E-state index in [9.17, 15) is 4.79 Å². The van der Waals surface area contributed by atoms with Crippen molar-refractivity contribution in [2.45, 2.75) is 51.0 Å². The Morgan fingerprint density at radius 2 is 2.00 bits per heavy atom. The normalized spacial score (nSPS) is 23.0. The Kier molecular flexibility index (Phi) is 5.87. The summed E-state index contributed by atoms with van der Waals surface area (Å²) in [7, 11) is 0. The van der Waals surface area contributed by atoms with Crippen molar-refractivity contribution in [1.82, 2.24) is 15.2 Å². The molecule has 5 nitrogen and oxygen atoms in total. The summed E-state index contributed by atoms with van der Waals surface area (Å²) in [6, 6.07) is 10.6. The maximum Gasteiger partial charge on any atom is 0.220 e. The van der Waals surface area contributed by atoms with E-state index in [2.05, 4.69) is 15.2 Å². The predicted octanol–water partition coefficient (Wildman–Crippen LogP) is 3.65. The van der Waals surface area contributed by atoms with Crippen molar-refractivity contribution in [3.63, 3.8) is 0 Å². The van der Waals surface area contributed by atoms with Gasteiger partial charge >= 0.3 is 0 Å². The second-order valence-electron chi connectivity index (χ2n) is 7.79. The van der Waals surface area contributed by atoms with Gasteiger partial charge in [-0.2, -0.15) is 0 Å². The van der Waals surface area contributed by atoms with Gasteiger partial charge in [-0.15, -0.1) is 0 Å². The summed E-state index contributed by atoms with van der Waals surface area (Å²) >= 11 is 0. The molecule has 1 N–H and O–H groups in total. The highest BCUT2D eigenvalue weighted by molar-refractivity contribution is 5.76. The van der Waals surface area contributed by atoms with Crippen LogP contribution in [0.2, 0.25) is 0 Å². The number of rotatable bonds is 6. The molecular weight excluding hydrogens is 338 g/mol. The molecule has 2 aliphatic rings. The van der Waals surface area contributed by atoms with Crippen LogP contribution in [0.25, 0.3) is 11.3 Å². The lowest BCUT2D eigenvalue weighted by Crippen LogP contribution is -2.51. The molecule has 27 heavy (non-hydrogen) atoms. The number of carbonyl (C=O) groups excluding carboxylic acids is 1. The fourth-order valence-electron chi connectivity index (χ4n) is 4.53. The van der Waals surface area contributed by atoms with Crippen LogP contribution in [0.1, 0.15) is 44.4 Å². The summed E-state index contributed by atoms with van der Waals surface area (Å²) in [6.45, 7) is 3.28. The van der Waals surface area contributed by atoms with E-state index in [0.717, 1.165) is 17.9 Å². The molecule has 0 aliphatic carbocycles. The van der Waals surface area contributed by atoms with Gasteiger partial charge in [0, 0.05) is 31.0 Å². The zero-order valence-corrected chi connectivity index (χ0v) is 15.9. The Bertz CT molecular complexity index is 741. The fraction of sp³-hybridized carbons (Fsp3) is 0.545. The van der Waals surface area contributed by atoms with Crippen molar-refractivity contribution in [1.29, 1.82) is 0 Å². The van der Waals surface area contributed by atoms with E-state index >= 15 is 0 Å². The lowest BCUT2D eigenvalue weighted by molar-refractivity contribution is -0.121. The second kappa shape index (κ2) is 8.70. The summed E-state index contributed by atoms with van der Waals surface area (Å²) in [6.07, 6.45) is 9.16. The van der Waals surface area contributed by atoms with Crippen molar-refractivity contribution < 1.29 is 9.21 Å². The summed E-state index contributed by atoms with van der Waals surface area (Å²) in [5, 5.41) is 3.16. The average molecular weight is 367 g/mol. The number of nitrogens with one attached hydrogen (secondary N) is 1. The molecule has 2 saturated heterocycles. The van der Waals surface area contributed by atoms with E-state index in [-0.39, 0.29) is 5.91 Å². The first-order chi connectivity index (χ1) is 13.3. The number of aromatic nitrogens is 1. The van der Waals surface area contributed by atoms with E-state index in [1.54, 1.807) is 6.20 Å². The Morgan fingerprint density at radius 3 is 2.89 bits per heavy atom. The van der Waals surface area contributed by atoms with Crippen molar-refractivity contribution >= 4 is 5.91 Å². The number of piperidine rings is 2. The zero-order chi connectivity index (χ0) is 18.5. The molecule has 0 bridgehead atoms. The molecule has 3 heterocycles. The fourth-order valence-corrected chi connectivity index (χ4v) is 4.53. The molecule has 0 saturated carbocycles. The van der Waals surface area contributed by atoms with Crippen LogP contribution in [-0.4, -0.2) is 41.5 Å². The molecular formula is C22H29N3O2. The van der Waals surface area contributed by atoms with Crippen LogP contribution in [0, 0.1) is 5.92 Å². The molecule has 4 rings (SSSR count). The quantitative estimate of drug-likeness (QED) is 0.847. The molecule has 2 atom stereocenters. The van der Waals surface area contributed by atoms with Gasteiger partial charge in [0.2, 0.25) is 5.91 Å². The van der Waals surface area contributed by atoms with Crippen molar-refractivity contribution in [2.75, 3.05) is 19.6 Å². The van der Waals surface area contributed by atoms with Gasteiger partial charge in [-0.1, -0.05) is 36.8 Å². The van der Waals surface area contributed by atoms with Gasteiger partial charge < -0.3 is 14.6 Å². The highest BCUT2D eigenvalue weighted by atomic mass is 16.4. The minimum absolute atomic E-state index is 0.0994. The first kappa shape index (κ1) is 18.2. The van der Waals surface area contributed by atoms with Crippen LogP contribution in [0.3, 0.4) is 0 Å².